The van der Waals surface area contributed by atoms with Gasteiger partial charge in [0.1, 0.15) is 5.82 Å². The van der Waals surface area contributed by atoms with E-state index in [0.29, 0.717) is 0 Å². The van der Waals surface area contributed by atoms with Gasteiger partial charge in [-0.15, -0.1) is 0 Å². The lowest BCUT2D eigenvalue weighted by atomic mass is 10.2. The average Bonchev–Trinajstić information content (AvgIpc) is 3.00. The summed E-state index contributed by atoms with van der Waals surface area (Å²) in [5.41, 5.74) is 3.11. The fourth-order valence-electron chi connectivity index (χ4n) is 2.93. The largest absolute Gasteiger partial charge is 0.466 e. The number of nitrogens with zero attached hydrogens (tertiary/aromatic N) is 3. The molecule has 0 radical (unpaired) electrons. The molecule has 0 aliphatic rings. The number of hydrogen-bond donors (Lipinski definition) is 0. The molecule has 2 aromatic rings. The van der Waals surface area contributed by atoms with Crippen LogP contribution in [0.3, 0.4) is 0 Å². The summed E-state index contributed by atoms with van der Waals surface area (Å²) in [5.74, 6) is 0.811. The van der Waals surface area contributed by atoms with Gasteiger partial charge in [-0.25, -0.2) is 9.78 Å². The van der Waals surface area contributed by atoms with Gasteiger partial charge in [-0.2, -0.15) is 0 Å². The third-order valence-electron chi connectivity index (χ3n) is 4.71. The summed E-state index contributed by atoms with van der Waals surface area (Å²) >= 11 is 0. The lowest BCUT2D eigenvalue weighted by molar-refractivity contribution is -0.134. The first-order valence-corrected chi connectivity index (χ1v) is 9.52. The Hall–Kier alpha value is -2.14. The van der Waals surface area contributed by atoms with E-state index in [1.165, 1.54) is 32.4 Å². The molecule has 0 amide bonds. The van der Waals surface area contributed by atoms with Crippen molar-refractivity contribution in [3.8, 4) is 0 Å². The molecule has 5 heteroatoms. The highest BCUT2D eigenvalue weighted by molar-refractivity contribution is 5.88. The van der Waals surface area contributed by atoms with Crippen LogP contribution in [0, 0.1) is 0 Å². The Kier molecular flexibility index (Phi) is 7.85. The second kappa shape index (κ2) is 10.1. The van der Waals surface area contributed by atoms with Crippen LogP contribution < -0.4 is 0 Å². The minimum atomic E-state index is -0.349. The van der Waals surface area contributed by atoms with Gasteiger partial charge in [-0.3, -0.25) is 0 Å². The summed E-state index contributed by atoms with van der Waals surface area (Å²) in [7, 11) is 3.53. The number of hydrogen-bond acceptors (Lipinski definition) is 4. The third kappa shape index (κ3) is 5.43. The number of carbonyl (C=O) groups excluding carboxylic acids is 1. The molecular weight excluding hydrogens is 326 g/mol. The van der Waals surface area contributed by atoms with E-state index in [2.05, 4.69) is 41.2 Å². The van der Waals surface area contributed by atoms with E-state index >= 15 is 0 Å². The highest BCUT2D eigenvalue weighted by Crippen LogP contribution is 2.20. The summed E-state index contributed by atoms with van der Waals surface area (Å²) in [6.07, 6.45) is 7.82. The van der Waals surface area contributed by atoms with Crippen molar-refractivity contribution in [2.24, 2.45) is 0 Å². The van der Waals surface area contributed by atoms with E-state index in [4.69, 9.17) is 4.98 Å². The molecule has 0 unspecified atom stereocenters. The fourth-order valence-corrected chi connectivity index (χ4v) is 2.93. The van der Waals surface area contributed by atoms with Crippen LogP contribution in [0.15, 0.2) is 24.3 Å². The Bertz CT molecular complexity index is 749. The maximum Gasteiger partial charge on any atom is 0.330 e. The number of fused-ring (bicyclic) bond motifs is 1. The molecule has 0 saturated heterocycles. The fraction of sp³-hybridized carbons (Fsp3) is 0.524. The molecule has 0 atom stereocenters. The molecule has 1 aromatic carbocycles. The van der Waals surface area contributed by atoms with Gasteiger partial charge in [0.25, 0.3) is 0 Å². The van der Waals surface area contributed by atoms with Gasteiger partial charge in [0.2, 0.25) is 0 Å². The van der Waals surface area contributed by atoms with Gasteiger partial charge in [0.05, 0.1) is 18.1 Å². The number of rotatable bonds is 10. The third-order valence-corrected chi connectivity index (χ3v) is 4.71. The van der Waals surface area contributed by atoms with Gasteiger partial charge in [0, 0.05) is 25.6 Å². The number of imidazole rings is 1. The van der Waals surface area contributed by atoms with E-state index in [0.717, 1.165) is 48.5 Å². The summed E-state index contributed by atoms with van der Waals surface area (Å²) in [6.45, 7) is 7.39. The van der Waals surface area contributed by atoms with Crippen LogP contribution in [0.2, 0.25) is 0 Å². The Morgan fingerprint density at radius 2 is 2.12 bits per heavy atom. The molecule has 26 heavy (non-hydrogen) atoms. The zero-order valence-corrected chi connectivity index (χ0v) is 16.5. The van der Waals surface area contributed by atoms with Gasteiger partial charge in [-0.05, 0) is 43.8 Å². The number of aromatic nitrogens is 2. The topological polar surface area (TPSA) is 47.4 Å². The standard InChI is InChI=1S/C21H31N3O2/c1-5-7-8-9-20-22-18-16-17(11-13-21(25)26-4)10-12-19(18)24(20)15-14-23(3)6-2/h10-13,16H,5-9,14-15H2,1-4H3/b13-11+. The molecule has 0 bridgehead atoms. The molecule has 1 aromatic heterocycles. The van der Waals surface area contributed by atoms with Crippen LogP contribution in [0.25, 0.3) is 17.1 Å². The van der Waals surface area contributed by atoms with Gasteiger partial charge >= 0.3 is 5.97 Å². The van der Waals surface area contributed by atoms with Gasteiger partial charge in [-0.1, -0.05) is 32.8 Å². The van der Waals surface area contributed by atoms with E-state index < -0.39 is 0 Å². The number of benzene rings is 1. The highest BCUT2D eigenvalue weighted by Gasteiger charge is 2.11. The second-order valence-corrected chi connectivity index (χ2v) is 6.64. The molecule has 2 rings (SSSR count). The van der Waals surface area contributed by atoms with E-state index in [1.54, 1.807) is 6.08 Å². The van der Waals surface area contributed by atoms with E-state index in [9.17, 15) is 4.79 Å². The summed E-state index contributed by atoms with van der Waals surface area (Å²) in [6, 6.07) is 6.17. The number of aryl methyl sites for hydroxylation is 1. The zero-order valence-electron chi connectivity index (χ0n) is 16.5. The maximum absolute atomic E-state index is 11.3. The van der Waals surface area contributed by atoms with E-state index in [-0.39, 0.29) is 5.97 Å². The van der Waals surface area contributed by atoms with Crippen LogP contribution in [-0.2, 0) is 22.5 Å². The quantitative estimate of drug-likeness (QED) is 0.367. The normalized spacial score (nSPS) is 11.7. The van der Waals surface area contributed by atoms with Crippen molar-refractivity contribution in [2.45, 2.75) is 46.1 Å². The molecular formula is C21H31N3O2. The van der Waals surface area contributed by atoms with Crippen LogP contribution in [0.5, 0.6) is 0 Å². The van der Waals surface area contributed by atoms with E-state index in [1.807, 2.05) is 12.1 Å². The number of carbonyl (C=O) groups is 1. The second-order valence-electron chi connectivity index (χ2n) is 6.64. The maximum atomic E-state index is 11.3. The van der Waals surface area contributed by atoms with Crippen molar-refractivity contribution < 1.29 is 9.53 Å². The first-order valence-electron chi connectivity index (χ1n) is 9.52. The van der Waals surface area contributed by atoms with Crippen molar-refractivity contribution in [3.63, 3.8) is 0 Å². The minimum absolute atomic E-state index is 0.349. The lowest BCUT2D eigenvalue weighted by Gasteiger charge is -2.16. The van der Waals surface area contributed by atoms with Crippen molar-refractivity contribution in [3.05, 3.63) is 35.7 Å². The molecule has 0 saturated carbocycles. The predicted octanol–water partition coefficient (Wildman–Crippen LogP) is 3.91. The van der Waals surface area contributed by atoms with Crippen LogP contribution in [0.1, 0.15) is 44.5 Å². The average molecular weight is 357 g/mol. The predicted molar refractivity (Wildman–Crippen MR) is 107 cm³/mol. The molecule has 142 valence electrons. The summed E-state index contributed by atoms with van der Waals surface area (Å²) in [5, 5.41) is 0. The SMILES string of the molecule is CCCCCc1nc2cc(/C=C/C(=O)OC)ccc2n1CCN(C)CC. The minimum Gasteiger partial charge on any atom is -0.466 e. The Labute approximate surface area is 156 Å². The molecule has 0 fully saturated rings. The highest BCUT2D eigenvalue weighted by atomic mass is 16.5. The van der Waals surface area contributed by atoms with Crippen LogP contribution in [-0.4, -0.2) is 47.7 Å². The number of esters is 1. The number of ether oxygens (including phenoxy) is 1. The van der Waals surface area contributed by atoms with Crippen LogP contribution >= 0.6 is 0 Å². The van der Waals surface area contributed by atoms with Crippen molar-refractivity contribution >= 4 is 23.1 Å². The van der Waals surface area contributed by atoms with Crippen molar-refractivity contribution in [2.75, 3.05) is 27.2 Å². The smallest absolute Gasteiger partial charge is 0.330 e. The lowest BCUT2D eigenvalue weighted by Crippen LogP contribution is -2.23. The number of likely N-dealkylation sites (N-methyl/N-ethyl adjacent to an activating group) is 1. The zero-order chi connectivity index (χ0) is 18.9. The van der Waals surface area contributed by atoms with Crippen LogP contribution in [0.4, 0.5) is 0 Å². The Morgan fingerprint density at radius 3 is 2.81 bits per heavy atom. The van der Waals surface area contributed by atoms with Crippen molar-refractivity contribution in [1.82, 2.24) is 14.5 Å². The Balaban J connectivity index is 2.30. The number of unbranched alkanes of at least 4 members (excludes halogenated alkanes) is 2. The molecule has 5 nitrogen and oxygen atoms in total. The van der Waals surface area contributed by atoms with Gasteiger partial charge in [0.15, 0.2) is 0 Å². The summed E-state index contributed by atoms with van der Waals surface area (Å²) < 4.78 is 7.00. The first-order chi connectivity index (χ1) is 12.6. The summed E-state index contributed by atoms with van der Waals surface area (Å²) in [4.78, 5) is 18.5. The molecule has 0 spiro atoms. The van der Waals surface area contributed by atoms with Gasteiger partial charge < -0.3 is 14.2 Å². The molecule has 0 aliphatic carbocycles. The van der Waals surface area contributed by atoms with Crippen molar-refractivity contribution in [1.29, 1.82) is 0 Å². The molecule has 1 heterocycles. The first kappa shape index (κ1) is 20.2. The number of methoxy groups -OCH3 is 1. The Morgan fingerprint density at radius 1 is 1.31 bits per heavy atom. The molecule has 0 aliphatic heterocycles. The monoisotopic (exact) mass is 357 g/mol. The molecule has 0 N–H and O–H groups in total.